The average Bonchev–Trinajstić information content (AvgIpc) is 2.98. The fourth-order valence-corrected chi connectivity index (χ4v) is 4.52. The van der Waals surface area contributed by atoms with Gasteiger partial charge in [-0.2, -0.15) is 4.72 Å². The standard InChI is InChI=1S/C17H14Cl3N3O2S/c1-23-7-6-21-17(23)16(11-2-4-12(18)5-3-11)22-26(24,25)15-9-13(19)8-14(20)10-15/h2-10,16,22H,1H3. The summed E-state index contributed by atoms with van der Waals surface area (Å²) < 4.78 is 30.2. The molecule has 1 unspecified atom stereocenters. The number of hydrogen-bond donors (Lipinski definition) is 1. The number of sulfonamides is 1. The van der Waals surface area contributed by atoms with E-state index >= 15 is 0 Å². The number of nitrogens with zero attached hydrogens (tertiary/aromatic N) is 2. The largest absolute Gasteiger partial charge is 0.336 e. The number of nitrogens with one attached hydrogen (secondary N) is 1. The van der Waals surface area contributed by atoms with Gasteiger partial charge in [-0.15, -0.1) is 0 Å². The second kappa shape index (κ2) is 7.58. The van der Waals surface area contributed by atoms with E-state index in [2.05, 4.69) is 9.71 Å². The topological polar surface area (TPSA) is 64.0 Å². The molecule has 1 aromatic heterocycles. The van der Waals surface area contributed by atoms with Gasteiger partial charge in [0, 0.05) is 34.5 Å². The lowest BCUT2D eigenvalue weighted by atomic mass is 10.1. The minimum Gasteiger partial charge on any atom is -0.336 e. The maximum Gasteiger partial charge on any atom is 0.241 e. The van der Waals surface area contributed by atoms with Gasteiger partial charge in [0.25, 0.3) is 0 Å². The molecular formula is C17H14Cl3N3O2S. The highest BCUT2D eigenvalue weighted by atomic mass is 35.5. The maximum atomic E-state index is 12.9. The van der Waals surface area contributed by atoms with E-state index in [1.54, 1.807) is 48.3 Å². The molecule has 0 amide bonds. The summed E-state index contributed by atoms with van der Waals surface area (Å²) >= 11 is 17.8. The molecule has 3 aromatic rings. The number of halogens is 3. The van der Waals surface area contributed by atoms with Crippen molar-refractivity contribution in [3.63, 3.8) is 0 Å². The van der Waals surface area contributed by atoms with Crippen LogP contribution in [0.4, 0.5) is 0 Å². The zero-order valence-corrected chi connectivity index (χ0v) is 16.6. The lowest BCUT2D eigenvalue weighted by molar-refractivity contribution is 0.563. The van der Waals surface area contributed by atoms with Crippen LogP contribution < -0.4 is 4.72 Å². The summed E-state index contributed by atoms with van der Waals surface area (Å²) in [6.07, 6.45) is 3.34. The minimum absolute atomic E-state index is 0.0248. The molecule has 26 heavy (non-hydrogen) atoms. The van der Waals surface area contributed by atoms with Crippen LogP contribution in [0, 0.1) is 0 Å². The molecule has 3 rings (SSSR count). The van der Waals surface area contributed by atoms with Crippen molar-refractivity contribution in [2.45, 2.75) is 10.9 Å². The summed E-state index contributed by atoms with van der Waals surface area (Å²) in [4.78, 5) is 4.25. The fraction of sp³-hybridized carbons (Fsp3) is 0.118. The van der Waals surface area contributed by atoms with Crippen LogP contribution in [0.5, 0.6) is 0 Å². The van der Waals surface area contributed by atoms with E-state index in [4.69, 9.17) is 34.8 Å². The Balaban J connectivity index is 2.05. The zero-order valence-electron chi connectivity index (χ0n) is 13.5. The first kappa shape index (κ1) is 19.2. The zero-order chi connectivity index (χ0) is 18.9. The predicted molar refractivity (Wildman–Crippen MR) is 103 cm³/mol. The minimum atomic E-state index is -3.91. The van der Waals surface area contributed by atoms with Gasteiger partial charge in [0.05, 0.1) is 4.90 Å². The molecule has 136 valence electrons. The number of benzene rings is 2. The number of imidazole rings is 1. The first-order chi connectivity index (χ1) is 12.3. The smallest absolute Gasteiger partial charge is 0.241 e. The first-order valence-corrected chi connectivity index (χ1v) is 10.1. The normalized spacial score (nSPS) is 12.9. The molecule has 0 aliphatic carbocycles. The maximum absolute atomic E-state index is 12.9. The Morgan fingerprint density at radius 1 is 1.00 bits per heavy atom. The average molecular weight is 431 g/mol. The lowest BCUT2D eigenvalue weighted by Crippen LogP contribution is -2.31. The van der Waals surface area contributed by atoms with Crippen molar-refractivity contribution in [1.82, 2.24) is 14.3 Å². The van der Waals surface area contributed by atoms with E-state index < -0.39 is 16.1 Å². The van der Waals surface area contributed by atoms with Crippen LogP contribution in [-0.2, 0) is 17.1 Å². The van der Waals surface area contributed by atoms with Crippen molar-refractivity contribution in [2.75, 3.05) is 0 Å². The van der Waals surface area contributed by atoms with Gasteiger partial charge in [-0.05, 0) is 35.9 Å². The first-order valence-electron chi connectivity index (χ1n) is 7.47. The number of hydrogen-bond acceptors (Lipinski definition) is 3. The van der Waals surface area contributed by atoms with Gasteiger partial charge in [-0.25, -0.2) is 13.4 Å². The van der Waals surface area contributed by atoms with Crippen molar-refractivity contribution in [3.8, 4) is 0 Å². The third kappa shape index (κ3) is 4.22. The molecule has 0 spiro atoms. The van der Waals surface area contributed by atoms with Gasteiger partial charge in [0.1, 0.15) is 11.9 Å². The SMILES string of the molecule is Cn1ccnc1C(NS(=O)(=O)c1cc(Cl)cc(Cl)c1)c1ccc(Cl)cc1. The van der Waals surface area contributed by atoms with Crippen LogP contribution >= 0.6 is 34.8 Å². The second-order valence-electron chi connectivity index (χ2n) is 5.61. The Hall–Kier alpha value is -1.57. The Kier molecular flexibility index (Phi) is 5.60. The molecule has 1 N–H and O–H groups in total. The summed E-state index contributed by atoms with van der Waals surface area (Å²) in [5.74, 6) is 0.532. The number of rotatable bonds is 5. The van der Waals surface area contributed by atoms with Gasteiger partial charge < -0.3 is 4.57 Å². The molecule has 0 aliphatic heterocycles. The molecule has 0 radical (unpaired) electrons. The lowest BCUT2D eigenvalue weighted by Gasteiger charge is -2.19. The summed E-state index contributed by atoms with van der Waals surface area (Å²) in [7, 11) is -2.12. The van der Waals surface area contributed by atoms with E-state index in [1.807, 2.05) is 0 Å². The van der Waals surface area contributed by atoms with Gasteiger partial charge in [0.15, 0.2) is 0 Å². The van der Waals surface area contributed by atoms with Gasteiger partial charge in [-0.3, -0.25) is 0 Å². The molecule has 5 nitrogen and oxygen atoms in total. The predicted octanol–water partition coefficient (Wildman–Crippen LogP) is 4.45. The number of aromatic nitrogens is 2. The summed E-state index contributed by atoms with van der Waals surface area (Å²) in [5.41, 5.74) is 0.695. The third-order valence-electron chi connectivity index (χ3n) is 3.74. The molecule has 2 aromatic carbocycles. The van der Waals surface area contributed by atoms with Crippen LogP contribution in [0.1, 0.15) is 17.4 Å². The Morgan fingerprint density at radius 2 is 1.62 bits per heavy atom. The van der Waals surface area contributed by atoms with Crippen molar-refractivity contribution in [2.24, 2.45) is 7.05 Å². The molecule has 1 heterocycles. The Bertz CT molecular complexity index is 1010. The van der Waals surface area contributed by atoms with Crippen molar-refractivity contribution in [3.05, 3.63) is 81.3 Å². The third-order valence-corrected chi connectivity index (χ3v) is 5.83. The van der Waals surface area contributed by atoms with E-state index in [0.29, 0.717) is 16.4 Å². The van der Waals surface area contributed by atoms with E-state index in [1.165, 1.54) is 18.2 Å². The van der Waals surface area contributed by atoms with Gasteiger partial charge >= 0.3 is 0 Å². The molecule has 0 fully saturated rings. The summed E-state index contributed by atoms with van der Waals surface area (Å²) in [6.45, 7) is 0. The van der Waals surface area contributed by atoms with Crippen LogP contribution in [0.15, 0.2) is 59.8 Å². The monoisotopic (exact) mass is 429 g/mol. The molecule has 0 aliphatic rings. The molecule has 0 saturated carbocycles. The Morgan fingerprint density at radius 3 is 2.15 bits per heavy atom. The molecule has 0 bridgehead atoms. The van der Waals surface area contributed by atoms with Crippen LogP contribution in [0.3, 0.4) is 0 Å². The van der Waals surface area contributed by atoms with Crippen molar-refractivity contribution in [1.29, 1.82) is 0 Å². The fourth-order valence-electron chi connectivity index (χ4n) is 2.49. The van der Waals surface area contributed by atoms with Crippen molar-refractivity contribution < 1.29 is 8.42 Å². The van der Waals surface area contributed by atoms with Gasteiger partial charge in [0.2, 0.25) is 10.0 Å². The molecule has 1 atom stereocenters. The highest BCUT2D eigenvalue weighted by Gasteiger charge is 2.26. The van der Waals surface area contributed by atoms with Gasteiger partial charge in [-0.1, -0.05) is 46.9 Å². The van der Waals surface area contributed by atoms with Crippen molar-refractivity contribution >= 4 is 44.8 Å². The molecular weight excluding hydrogens is 417 g/mol. The second-order valence-corrected chi connectivity index (χ2v) is 8.63. The van der Waals surface area contributed by atoms with E-state index in [-0.39, 0.29) is 14.9 Å². The highest BCUT2D eigenvalue weighted by Crippen LogP contribution is 2.27. The van der Waals surface area contributed by atoms with Crippen LogP contribution in [-0.4, -0.2) is 18.0 Å². The van der Waals surface area contributed by atoms with Crippen LogP contribution in [0.2, 0.25) is 15.1 Å². The quantitative estimate of drug-likeness (QED) is 0.650. The molecule has 0 saturated heterocycles. The summed E-state index contributed by atoms with van der Waals surface area (Å²) in [6, 6.07) is 10.3. The number of aryl methyl sites for hydroxylation is 1. The summed E-state index contributed by atoms with van der Waals surface area (Å²) in [5, 5.41) is 1.02. The Labute approximate surface area is 166 Å². The van der Waals surface area contributed by atoms with E-state index in [0.717, 1.165) is 0 Å². The van der Waals surface area contributed by atoms with Crippen LogP contribution in [0.25, 0.3) is 0 Å². The highest BCUT2D eigenvalue weighted by molar-refractivity contribution is 7.89. The van der Waals surface area contributed by atoms with E-state index in [9.17, 15) is 8.42 Å². The molecule has 9 heteroatoms.